The molecule has 0 unspecified atom stereocenters. The number of hydrogen-bond acceptors (Lipinski definition) is 3. The number of hydrogen-bond donors (Lipinski definition) is 0. The van der Waals surface area contributed by atoms with Gasteiger partial charge in [0.2, 0.25) is 0 Å². The van der Waals surface area contributed by atoms with Crippen LogP contribution in [0.25, 0.3) is 53.5 Å². The highest BCUT2D eigenvalue weighted by Gasteiger charge is 2.21. The van der Waals surface area contributed by atoms with Crippen LogP contribution in [0.15, 0.2) is 77.2 Å². The summed E-state index contributed by atoms with van der Waals surface area (Å²) in [7, 11) is 0. The minimum absolute atomic E-state index is 0.0539. The zero-order valence-electron chi connectivity index (χ0n) is 23.4. The van der Waals surface area contributed by atoms with Gasteiger partial charge in [0.15, 0.2) is 11.5 Å². The molecular formula is C35H35NOS. The van der Waals surface area contributed by atoms with Gasteiger partial charge in [0, 0.05) is 16.0 Å². The SMILES string of the molecule is Cc1c(-c2ccc3nc(CC(C)(C)C)oc3c2)sc2c(-c3cc(C(C)(C)C)c4ccccc4c3)cccc12. The molecule has 2 heterocycles. The molecule has 0 saturated heterocycles. The summed E-state index contributed by atoms with van der Waals surface area (Å²) in [6, 6.07) is 26.7. The number of rotatable bonds is 3. The predicted octanol–water partition coefficient (Wildman–Crippen LogP) is 10.7. The van der Waals surface area contributed by atoms with Gasteiger partial charge in [-0.2, -0.15) is 0 Å². The normalized spacial score (nSPS) is 12.7. The van der Waals surface area contributed by atoms with Gasteiger partial charge in [-0.3, -0.25) is 0 Å². The Balaban J connectivity index is 1.50. The Kier molecular flexibility index (Phi) is 5.77. The third kappa shape index (κ3) is 4.43. The van der Waals surface area contributed by atoms with Gasteiger partial charge in [0.05, 0.1) is 0 Å². The third-order valence-electron chi connectivity index (χ3n) is 7.32. The number of nitrogens with zero attached hydrogens (tertiary/aromatic N) is 1. The van der Waals surface area contributed by atoms with Crippen molar-refractivity contribution >= 4 is 43.3 Å². The Morgan fingerprint density at radius 3 is 2.32 bits per heavy atom. The highest BCUT2D eigenvalue weighted by atomic mass is 32.1. The van der Waals surface area contributed by atoms with Crippen LogP contribution >= 0.6 is 11.3 Å². The molecule has 0 amide bonds. The summed E-state index contributed by atoms with van der Waals surface area (Å²) >= 11 is 1.88. The summed E-state index contributed by atoms with van der Waals surface area (Å²) in [4.78, 5) is 6.03. The fourth-order valence-corrected chi connectivity index (χ4v) is 6.81. The summed E-state index contributed by atoms with van der Waals surface area (Å²) < 4.78 is 7.53. The second kappa shape index (κ2) is 8.81. The average Bonchev–Trinajstić information content (AvgIpc) is 3.40. The Morgan fingerprint density at radius 2 is 1.55 bits per heavy atom. The number of aryl methyl sites for hydroxylation is 1. The van der Waals surface area contributed by atoms with Gasteiger partial charge in [-0.1, -0.05) is 90.1 Å². The van der Waals surface area contributed by atoms with Gasteiger partial charge in [-0.25, -0.2) is 4.98 Å². The lowest BCUT2D eigenvalue weighted by Crippen LogP contribution is -2.11. The summed E-state index contributed by atoms with van der Waals surface area (Å²) in [6.45, 7) is 15.8. The first-order valence-electron chi connectivity index (χ1n) is 13.4. The minimum atomic E-state index is 0.0539. The zero-order valence-corrected chi connectivity index (χ0v) is 24.2. The second-order valence-corrected chi connectivity index (χ2v) is 13.8. The maximum atomic E-state index is 6.19. The van der Waals surface area contributed by atoms with E-state index in [1.54, 1.807) is 0 Å². The van der Waals surface area contributed by atoms with Crippen molar-refractivity contribution in [1.29, 1.82) is 0 Å². The number of oxazole rings is 1. The van der Waals surface area contributed by atoms with E-state index >= 15 is 0 Å². The van der Waals surface area contributed by atoms with E-state index in [2.05, 4.69) is 121 Å². The van der Waals surface area contributed by atoms with Crippen LogP contribution in [0.4, 0.5) is 0 Å². The van der Waals surface area contributed by atoms with Gasteiger partial charge in [0.25, 0.3) is 0 Å². The molecule has 0 atom stereocenters. The minimum Gasteiger partial charge on any atom is -0.441 e. The van der Waals surface area contributed by atoms with E-state index in [-0.39, 0.29) is 10.8 Å². The summed E-state index contributed by atoms with van der Waals surface area (Å²) in [6.07, 6.45) is 0.824. The molecule has 38 heavy (non-hydrogen) atoms. The largest absolute Gasteiger partial charge is 0.441 e. The molecule has 0 aliphatic rings. The Bertz CT molecular complexity index is 1820. The zero-order chi connectivity index (χ0) is 26.8. The van der Waals surface area contributed by atoms with Gasteiger partial charge in [-0.05, 0) is 86.0 Å². The van der Waals surface area contributed by atoms with E-state index in [0.29, 0.717) is 0 Å². The van der Waals surface area contributed by atoms with Crippen molar-refractivity contribution in [3.8, 4) is 21.6 Å². The fourth-order valence-electron chi connectivity index (χ4n) is 5.48. The third-order valence-corrected chi connectivity index (χ3v) is 8.71. The molecule has 4 aromatic carbocycles. The van der Waals surface area contributed by atoms with E-state index in [9.17, 15) is 0 Å². The van der Waals surface area contributed by atoms with Crippen LogP contribution in [0.3, 0.4) is 0 Å². The van der Waals surface area contributed by atoms with Crippen molar-refractivity contribution in [3.63, 3.8) is 0 Å². The molecule has 0 radical (unpaired) electrons. The van der Waals surface area contributed by atoms with E-state index in [0.717, 1.165) is 23.4 Å². The lowest BCUT2D eigenvalue weighted by molar-refractivity contribution is 0.362. The highest BCUT2D eigenvalue weighted by molar-refractivity contribution is 7.23. The molecule has 3 heteroatoms. The van der Waals surface area contributed by atoms with Crippen LogP contribution in [-0.4, -0.2) is 4.98 Å². The summed E-state index contributed by atoms with van der Waals surface area (Å²) in [5.41, 5.74) is 8.46. The number of fused-ring (bicyclic) bond motifs is 3. The molecular weight excluding hydrogens is 482 g/mol. The lowest BCUT2D eigenvalue weighted by atomic mass is 9.82. The first-order chi connectivity index (χ1) is 18.0. The molecule has 192 valence electrons. The van der Waals surface area contributed by atoms with Gasteiger partial charge in [0.1, 0.15) is 5.52 Å². The van der Waals surface area contributed by atoms with Crippen molar-refractivity contribution in [2.75, 3.05) is 0 Å². The predicted molar refractivity (Wildman–Crippen MR) is 164 cm³/mol. The maximum Gasteiger partial charge on any atom is 0.195 e. The van der Waals surface area contributed by atoms with Crippen molar-refractivity contribution in [1.82, 2.24) is 4.98 Å². The molecule has 6 rings (SSSR count). The Labute approximate surface area is 229 Å². The van der Waals surface area contributed by atoms with Crippen LogP contribution in [-0.2, 0) is 11.8 Å². The molecule has 2 nitrogen and oxygen atoms in total. The summed E-state index contributed by atoms with van der Waals surface area (Å²) in [5, 5.41) is 3.95. The van der Waals surface area contributed by atoms with E-state index in [1.165, 1.54) is 53.6 Å². The van der Waals surface area contributed by atoms with Crippen LogP contribution in [0.1, 0.15) is 58.6 Å². The van der Waals surface area contributed by atoms with Crippen LogP contribution in [0, 0.1) is 12.3 Å². The fraction of sp³-hybridized carbons (Fsp3) is 0.286. The summed E-state index contributed by atoms with van der Waals surface area (Å²) in [5.74, 6) is 0.811. The van der Waals surface area contributed by atoms with Gasteiger partial charge in [-0.15, -0.1) is 11.3 Å². The van der Waals surface area contributed by atoms with Crippen molar-refractivity contribution < 1.29 is 4.42 Å². The number of thiophene rings is 1. The van der Waals surface area contributed by atoms with Crippen molar-refractivity contribution in [3.05, 3.63) is 89.8 Å². The average molecular weight is 518 g/mol. The number of aromatic nitrogens is 1. The molecule has 0 fully saturated rings. The monoisotopic (exact) mass is 517 g/mol. The van der Waals surface area contributed by atoms with Crippen LogP contribution in [0.2, 0.25) is 0 Å². The molecule has 0 spiro atoms. The molecule has 6 aromatic rings. The quantitative estimate of drug-likeness (QED) is 0.233. The maximum absolute atomic E-state index is 6.19. The Hall–Kier alpha value is -3.43. The smallest absolute Gasteiger partial charge is 0.195 e. The molecule has 0 saturated carbocycles. The van der Waals surface area contributed by atoms with Crippen LogP contribution < -0.4 is 0 Å². The van der Waals surface area contributed by atoms with E-state index in [4.69, 9.17) is 9.40 Å². The first-order valence-corrected chi connectivity index (χ1v) is 14.3. The second-order valence-electron chi connectivity index (χ2n) is 12.8. The molecule has 0 bridgehead atoms. The molecule has 0 N–H and O–H groups in total. The van der Waals surface area contributed by atoms with Gasteiger partial charge < -0.3 is 4.42 Å². The Morgan fingerprint density at radius 1 is 0.789 bits per heavy atom. The lowest BCUT2D eigenvalue weighted by Gasteiger charge is -2.23. The standard InChI is InChI=1S/C35H35NOS/c1-21-25-13-10-14-27(24-17-22-11-8-9-12-26(22)28(18-24)35(5,6)7)33(25)38-32(21)23-15-16-29-30(19-23)37-31(36-29)20-34(2,3)4/h8-19H,20H2,1-7H3. The first kappa shape index (κ1) is 24.9. The molecule has 2 aromatic heterocycles. The van der Waals surface area contributed by atoms with E-state index in [1.807, 2.05) is 11.3 Å². The number of benzene rings is 4. The van der Waals surface area contributed by atoms with Gasteiger partial charge >= 0.3 is 0 Å². The topological polar surface area (TPSA) is 26.0 Å². The van der Waals surface area contributed by atoms with Crippen LogP contribution in [0.5, 0.6) is 0 Å². The van der Waals surface area contributed by atoms with Crippen molar-refractivity contribution in [2.24, 2.45) is 5.41 Å². The van der Waals surface area contributed by atoms with Crippen molar-refractivity contribution in [2.45, 2.75) is 60.3 Å². The van der Waals surface area contributed by atoms with E-state index < -0.39 is 0 Å². The highest BCUT2D eigenvalue weighted by Crippen LogP contribution is 2.44. The molecule has 0 aliphatic carbocycles. The molecule has 0 aliphatic heterocycles.